The van der Waals surface area contributed by atoms with Crippen LogP contribution in [0.1, 0.15) is 37.1 Å². The molecule has 1 N–H and O–H groups in total. The van der Waals surface area contributed by atoms with Crippen LogP contribution in [0, 0.1) is 5.92 Å². The molecule has 2 aromatic heterocycles. The summed E-state index contributed by atoms with van der Waals surface area (Å²) in [6.07, 6.45) is 6.05. The second kappa shape index (κ2) is 3.79. The summed E-state index contributed by atoms with van der Waals surface area (Å²) in [6, 6.07) is 0. The Labute approximate surface area is 111 Å². The van der Waals surface area contributed by atoms with Gasteiger partial charge in [-0.15, -0.1) is 0 Å². The van der Waals surface area contributed by atoms with E-state index in [1.165, 1.54) is 11.4 Å². The highest BCUT2D eigenvalue weighted by molar-refractivity contribution is 5.82. The van der Waals surface area contributed by atoms with Crippen LogP contribution in [0.2, 0.25) is 0 Å². The molecule has 0 radical (unpaired) electrons. The van der Waals surface area contributed by atoms with E-state index in [2.05, 4.69) is 26.6 Å². The lowest BCUT2D eigenvalue weighted by Gasteiger charge is -2.15. The maximum Gasteiger partial charge on any atom is 0.155 e. The molecular formula is C14H16N4O. The predicted molar refractivity (Wildman–Crippen MR) is 71.3 cm³/mol. The molecule has 0 bridgehead atoms. The van der Waals surface area contributed by atoms with Gasteiger partial charge in [-0.1, -0.05) is 6.92 Å². The van der Waals surface area contributed by atoms with Gasteiger partial charge in [0.15, 0.2) is 5.65 Å². The van der Waals surface area contributed by atoms with E-state index in [1.54, 1.807) is 0 Å². The first-order chi connectivity index (χ1) is 9.24. The summed E-state index contributed by atoms with van der Waals surface area (Å²) in [5.41, 5.74) is 3.27. The quantitative estimate of drug-likeness (QED) is 0.845. The van der Waals surface area contributed by atoms with E-state index in [0.29, 0.717) is 30.5 Å². The topological polar surface area (TPSA) is 59.3 Å². The van der Waals surface area contributed by atoms with Gasteiger partial charge < -0.3 is 5.32 Å². The number of imidazole rings is 1. The molecule has 2 atom stereocenters. The molecule has 0 amide bonds. The Morgan fingerprint density at radius 3 is 3.00 bits per heavy atom. The van der Waals surface area contributed by atoms with Crippen molar-refractivity contribution in [1.29, 1.82) is 0 Å². The highest BCUT2D eigenvalue weighted by atomic mass is 16.1. The molecule has 0 spiro atoms. The Balaban J connectivity index is 1.91. The normalized spacial score (nSPS) is 25.8. The van der Waals surface area contributed by atoms with E-state index >= 15 is 0 Å². The SMILES string of the molecule is CC1CC(=O)CC1c1cnc2cnc3c(n12)CCN3. The van der Waals surface area contributed by atoms with Gasteiger partial charge in [0.2, 0.25) is 0 Å². The molecule has 0 saturated heterocycles. The standard InChI is InChI=1S/C14H16N4O/c1-8-4-9(19)5-10(8)12-6-16-13-7-17-14-11(18(12)13)2-3-15-14/h6-8,10,15H,2-5H2,1H3. The van der Waals surface area contributed by atoms with Crippen LogP contribution in [0.25, 0.3) is 5.65 Å². The van der Waals surface area contributed by atoms with E-state index in [4.69, 9.17) is 0 Å². The minimum Gasteiger partial charge on any atom is -0.368 e. The maximum absolute atomic E-state index is 11.7. The first-order valence-electron chi connectivity index (χ1n) is 6.85. The number of ketones is 1. The van der Waals surface area contributed by atoms with Gasteiger partial charge in [0.1, 0.15) is 11.6 Å². The molecule has 0 aromatic carbocycles. The molecule has 5 nitrogen and oxygen atoms in total. The van der Waals surface area contributed by atoms with E-state index in [1.807, 2.05) is 12.4 Å². The second-order valence-electron chi connectivity index (χ2n) is 5.64. The smallest absolute Gasteiger partial charge is 0.155 e. The van der Waals surface area contributed by atoms with Crippen LogP contribution in [-0.2, 0) is 11.2 Å². The van der Waals surface area contributed by atoms with Crippen molar-refractivity contribution in [2.45, 2.75) is 32.1 Å². The second-order valence-corrected chi connectivity index (χ2v) is 5.64. The number of carbonyl (C=O) groups is 1. The molecule has 2 aliphatic rings. The lowest BCUT2D eigenvalue weighted by atomic mass is 9.95. The average molecular weight is 256 g/mol. The molecule has 1 saturated carbocycles. The van der Waals surface area contributed by atoms with Crippen molar-refractivity contribution in [3.8, 4) is 0 Å². The molecule has 4 rings (SSSR count). The Hall–Kier alpha value is -1.91. The van der Waals surface area contributed by atoms with Crippen molar-refractivity contribution in [3.05, 3.63) is 23.8 Å². The first kappa shape index (κ1) is 11.0. The number of rotatable bonds is 1. The number of carbonyl (C=O) groups excluding carboxylic acids is 1. The number of anilines is 1. The Bertz CT molecular complexity index is 675. The maximum atomic E-state index is 11.7. The Kier molecular flexibility index (Phi) is 2.19. The average Bonchev–Trinajstić information content (AvgIpc) is 3.05. The van der Waals surface area contributed by atoms with Gasteiger partial charge in [-0.25, -0.2) is 9.97 Å². The van der Waals surface area contributed by atoms with Crippen LogP contribution in [0.4, 0.5) is 5.82 Å². The number of nitrogens with one attached hydrogen (secondary N) is 1. The van der Waals surface area contributed by atoms with Crippen molar-refractivity contribution in [2.24, 2.45) is 5.92 Å². The third kappa shape index (κ3) is 1.50. The minimum absolute atomic E-state index is 0.301. The molecular weight excluding hydrogens is 240 g/mol. The monoisotopic (exact) mass is 256 g/mol. The summed E-state index contributed by atoms with van der Waals surface area (Å²) < 4.78 is 2.21. The van der Waals surface area contributed by atoms with Gasteiger partial charge >= 0.3 is 0 Å². The molecule has 2 aromatic rings. The van der Waals surface area contributed by atoms with Crippen molar-refractivity contribution in [1.82, 2.24) is 14.4 Å². The predicted octanol–water partition coefficient (Wildman–Crippen LogP) is 1.78. The summed E-state index contributed by atoms with van der Waals surface area (Å²) in [7, 11) is 0. The molecule has 19 heavy (non-hydrogen) atoms. The first-order valence-corrected chi connectivity index (χ1v) is 6.85. The van der Waals surface area contributed by atoms with Crippen molar-refractivity contribution < 1.29 is 4.79 Å². The lowest BCUT2D eigenvalue weighted by Crippen LogP contribution is -2.08. The van der Waals surface area contributed by atoms with Crippen LogP contribution < -0.4 is 5.32 Å². The summed E-state index contributed by atoms with van der Waals surface area (Å²) in [5.74, 6) is 2.04. The number of hydrogen-bond donors (Lipinski definition) is 1. The fraction of sp³-hybridized carbons (Fsp3) is 0.500. The van der Waals surface area contributed by atoms with Crippen LogP contribution in [0.15, 0.2) is 12.4 Å². The molecule has 1 fully saturated rings. The van der Waals surface area contributed by atoms with Gasteiger partial charge in [0.25, 0.3) is 0 Å². The minimum atomic E-state index is 0.301. The zero-order valence-corrected chi connectivity index (χ0v) is 10.9. The molecule has 1 aliphatic carbocycles. The lowest BCUT2D eigenvalue weighted by molar-refractivity contribution is -0.117. The van der Waals surface area contributed by atoms with E-state index < -0.39 is 0 Å². The zero-order valence-electron chi connectivity index (χ0n) is 10.9. The molecule has 2 unspecified atom stereocenters. The third-order valence-corrected chi connectivity index (χ3v) is 4.39. The highest BCUT2D eigenvalue weighted by Crippen LogP contribution is 2.38. The van der Waals surface area contributed by atoms with Gasteiger partial charge in [0.05, 0.1) is 11.9 Å². The van der Waals surface area contributed by atoms with Crippen LogP contribution in [-0.4, -0.2) is 26.7 Å². The summed E-state index contributed by atoms with van der Waals surface area (Å²) >= 11 is 0. The Morgan fingerprint density at radius 2 is 2.21 bits per heavy atom. The number of hydrogen-bond acceptors (Lipinski definition) is 4. The van der Waals surface area contributed by atoms with Crippen molar-refractivity contribution in [2.75, 3.05) is 11.9 Å². The third-order valence-electron chi connectivity index (χ3n) is 4.39. The molecule has 1 aliphatic heterocycles. The highest BCUT2D eigenvalue weighted by Gasteiger charge is 2.33. The van der Waals surface area contributed by atoms with E-state index in [9.17, 15) is 4.79 Å². The van der Waals surface area contributed by atoms with Crippen molar-refractivity contribution >= 4 is 17.2 Å². The summed E-state index contributed by atoms with van der Waals surface area (Å²) in [6.45, 7) is 3.09. The van der Waals surface area contributed by atoms with Gasteiger partial charge in [-0.2, -0.15) is 0 Å². The summed E-state index contributed by atoms with van der Waals surface area (Å²) in [5, 5.41) is 3.29. The van der Waals surface area contributed by atoms with Crippen LogP contribution in [0.5, 0.6) is 0 Å². The van der Waals surface area contributed by atoms with Crippen LogP contribution in [0.3, 0.4) is 0 Å². The van der Waals surface area contributed by atoms with Crippen molar-refractivity contribution in [3.63, 3.8) is 0 Å². The molecule has 3 heterocycles. The molecule has 98 valence electrons. The number of aromatic nitrogens is 3. The molecule has 5 heteroatoms. The van der Waals surface area contributed by atoms with E-state index in [0.717, 1.165) is 24.4 Å². The number of nitrogens with zero attached hydrogens (tertiary/aromatic N) is 3. The Morgan fingerprint density at radius 1 is 1.32 bits per heavy atom. The van der Waals surface area contributed by atoms with Gasteiger partial charge in [-0.3, -0.25) is 9.20 Å². The fourth-order valence-electron chi connectivity index (χ4n) is 3.43. The largest absolute Gasteiger partial charge is 0.368 e. The number of fused-ring (bicyclic) bond motifs is 3. The van der Waals surface area contributed by atoms with Gasteiger partial charge in [-0.05, 0) is 5.92 Å². The van der Waals surface area contributed by atoms with Gasteiger partial charge in [0, 0.05) is 43.6 Å². The fourth-order valence-corrected chi connectivity index (χ4v) is 3.43. The van der Waals surface area contributed by atoms with Crippen LogP contribution >= 0.6 is 0 Å². The zero-order chi connectivity index (χ0) is 13.0. The number of Topliss-reactive ketones (excluding diaryl/α,β-unsaturated/α-hetero) is 1. The summed E-state index contributed by atoms with van der Waals surface area (Å²) in [4.78, 5) is 20.5. The van der Waals surface area contributed by atoms with E-state index in [-0.39, 0.29) is 0 Å².